The minimum absolute atomic E-state index is 0.555. The maximum Gasteiger partial charge on any atom is 0.0765 e. The standard InChI is InChI=1S/C14H26N4/c1-4-14(5-2)18-8-6-13(16-18)11-17-9-7-15-10-12(17)3/h6,8,12,14-15H,4-5,7,9-11H2,1-3H3. The molecule has 1 aliphatic rings. The highest BCUT2D eigenvalue weighted by molar-refractivity contribution is 5.00. The number of aromatic nitrogens is 2. The molecule has 0 aromatic carbocycles. The van der Waals surface area contributed by atoms with Gasteiger partial charge in [0.2, 0.25) is 0 Å². The molecule has 4 nitrogen and oxygen atoms in total. The lowest BCUT2D eigenvalue weighted by molar-refractivity contribution is 0.163. The van der Waals surface area contributed by atoms with Crippen molar-refractivity contribution in [3.05, 3.63) is 18.0 Å². The van der Waals surface area contributed by atoms with Gasteiger partial charge in [-0.15, -0.1) is 0 Å². The number of hydrogen-bond acceptors (Lipinski definition) is 3. The summed E-state index contributed by atoms with van der Waals surface area (Å²) in [5, 5.41) is 8.16. The Hall–Kier alpha value is -0.870. The third-order valence-corrected chi connectivity index (χ3v) is 3.98. The minimum atomic E-state index is 0.555. The quantitative estimate of drug-likeness (QED) is 0.868. The second-order valence-electron chi connectivity index (χ2n) is 5.28. The maximum absolute atomic E-state index is 4.74. The fourth-order valence-corrected chi connectivity index (χ4v) is 2.65. The molecule has 18 heavy (non-hydrogen) atoms. The largest absolute Gasteiger partial charge is 0.314 e. The lowest BCUT2D eigenvalue weighted by atomic mass is 10.2. The Morgan fingerprint density at radius 3 is 2.89 bits per heavy atom. The average Bonchev–Trinajstić information content (AvgIpc) is 2.82. The molecule has 1 atom stereocenters. The van der Waals surface area contributed by atoms with E-state index in [1.807, 2.05) is 0 Å². The van der Waals surface area contributed by atoms with Crippen molar-refractivity contribution in [2.75, 3.05) is 19.6 Å². The molecule has 1 N–H and O–H groups in total. The molecule has 0 aliphatic carbocycles. The van der Waals surface area contributed by atoms with E-state index in [4.69, 9.17) is 5.10 Å². The van der Waals surface area contributed by atoms with Gasteiger partial charge in [0.05, 0.1) is 11.7 Å². The molecule has 0 bridgehead atoms. The molecule has 0 radical (unpaired) electrons. The normalized spacial score (nSPS) is 21.7. The van der Waals surface area contributed by atoms with Gasteiger partial charge in [-0.05, 0) is 25.8 Å². The summed E-state index contributed by atoms with van der Waals surface area (Å²) < 4.78 is 2.14. The molecule has 1 aromatic heterocycles. The zero-order chi connectivity index (χ0) is 13.0. The van der Waals surface area contributed by atoms with Gasteiger partial charge in [-0.1, -0.05) is 13.8 Å². The van der Waals surface area contributed by atoms with E-state index in [1.54, 1.807) is 0 Å². The van der Waals surface area contributed by atoms with Crippen LogP contribution >= 0.6 is 0 Å². The Kier molecular flexibility index (Phi) is 4.78. The monoisotopic (exact) mass is 250 g/mol. The average molecular weight is 250 g/mol. The molecule has 1 aromatic rings. The highest BCUT2D eigenvalue weighted by Gasteiger charge is 2.19. The lowest BCUT2D eigenvalue weighted by Gasteiger charge is -2.33. The predicted molar refractivity (Wildman–Crippen MR) is 74.6 cm³/mol. The summed E-state index contributed by atoms with van der Waals surface area (Å²) >= 11 is 0. The van der Waals surface area contributed by atoms with Crippen molar-refractivity contribution in [1.29, 1.82) is 0 Å². The molecule has 1 aliphatic heterocycles. The van der Waals surface area contributed by atoms with Crippen LogP contribution in [0.25, 0.3) is 0 Å². The Bertz CT molecular complexity index is 356. The first kappa shape index (κ1) is 13.6. The van der Waals surface area contributed by atoms with Crippen LogP contribution in [0, 0.1) is 0 Å². The molecule has 102 valence electrons. The van der Waals surface area contributed by atoms with E-state index >= 15 is 0 Å². The molecule has 2 heterocycles. The van der Waals surface area contributed by atoms with Gasteiger partial charge in [0.1, 0.15) is 0 Å². The molecule has 0 saturated carbocycles. The third kappa shape index (κ3) is 3.12. The van der Waals surface area contributed by atoms with Gasteiger partial charge in [0, 0.05) is 38.4 Å². The topological polar surface area (TPSA) is 33.1 Å². The van der Waals surface area contributed by atoms with Crippen molar-refractivity contribution >= 4 is 0 Å². The smallest absolute Gasteiger partial charge is 0.0765 e. The molecule has 0 amide bonds. The number of rotatable bonds is 5. The van der Waals surface area contributed by atoms with Gasteiger partial charge in [0.15, 0.2) is 0 Å². The van der Waals surface area contributed by atoms with E-state index in [1.165, 1.54) is 5.69 Å². The number of nitrogens with one attached hydrogen (secondary N) is 1. The summed E-state index contributed by atoms with van der Waals surface area (Å²) in [5.74, 6) is 0. The van der Waals surface area contributed by atoms with Crippen LogP contribution in [0.2, 0.25) is 0 Å². The highest BCUT2D eigenvalue weighted by Crippen LogP contribution is 2.15. The molecule has 1 fully saturated rings. The van der Waals surface area contributed by atoms with Crippen LogP contribution in [-0.4, -0.2) is 40.4 Å². The van der Waals surface area contributed by atoms with E-state index in [0.29, 0.717) is 12.1 Å². The highest BCUT2D eigenvalue weighted by atomic mass is 15.3. The fraction of sp³-hybridized carbons (Fsp3) is 0.786. The zero-order valence-electron chi connectivity index (χ0n) is 11.9. The fourth-order valence-electron chi connectivity index (χ4n) is 2.65. The Morgan fingerprint density at radius 2 is 2.22 bits per heavy atom. The van der Waals surface area contributed by atoms with Crippen LogP contribution in [0.3, 0.4) is 0 Å². The van der Waals surface area contributed by atoms with E-state index in [9.17, 15) is 0 Å². The van der Waals surface area contributed by atoms with Gasteiger partial charge in [-0.3, -0.25) is 9.58 Å². The molecule has 1 saturated heterocycles. The van der Waals surface area contributed by atoms with Gasteiger partial charge in [-0.25, -0.2) is 0 Å². The number of nitrogens with zero attached hydrogens (tertiary/aromatic N) is 3. The Labute approximate surface area is 110 Å². The molecular weight excluding hydrogens is 224 g/mol. The van der Waals surface area contributed by atoms with E-state index in [-0.39, 0.29) is 0 Å². The van der Waals surface area contributed by atoms with E-state index in [0.717, 1.165) is 39.0 Å². The first-order chi connectivity index (χ1) is 8.74. The molecular formula is C14H26N4. The Balaban J connectivity index is 1.97. The van der Waals surface area contributed by atoms with E-state index < -0.39 is 0 Å². The predicted octanol–water partition coefficient (Wildman–Crippen LogP) is 2.04. The van der Waals surface area contributed by atoms with Crippen molar-refractivity contribution < 1.29 is 0 Å². The van der Waals surface area contributed by atoms with Gasteiger partial charge < -0.3 is 5.32 Å². The second-order valence-corrected chi connectivity index (χ2v) is 5.28. The van der Waals surface area contributed by atoms with Crippen LogP contribution in [-0.2, 0) is 6.54 Å². The van der Waals surface area contributed by atoms with Crippen molar-refractivity contribution in [3.63, 3.8) is 0 Å². The van der Waals surface area contributed by atoms with Crippen LogP contribution in [0.5, 0.6) is 0 Å². The number of hydrogen-bond donors (Lipinski definition) is 1. The molecule has 1 unspecified atom stereocenters. The summed E-state index contributed by atoms with van der Waals surface area (Å²) in [7, 11) is 0. The lowest BCUT2D eigenvalue weighted by Crippen LogP contribution is -2.49. The summed E-state index contributed by atoms with van der Waals surface area (Å²) in [6, 6.07) is 3.34. The molecule has 4 heteroatoms. The van der Waals surface area contributed by atoms with Gasteiger partial charge >= 0.3 is 0 Å². The maximum atomic E-state index is 4.74. The first-order valence-corrected chi connectivity index (χ1v) is 7.23. The Morgan fingerprint density at radius 1 is 1.44 bits per heavy atom. The number of piperazine rings is 1. The summed E-state index contributed by atoms with van der Waals surface area (Å²) in [5.41, 5.74) is 1.20. The third-order valence-electron chi connectivity index (χ3n) is 3.98. The van der Waals surface area contributed by atoms with Crippen LogP contribution < -0.4 is 5.32 Å². The van der Waals surface area contributed by atoms with Crippen LogP contribution in [0.4, 0.5) is 0 Å². The minimum Gasteiger partial charge on any atom is -0.314 e. The van der Waals surface area contributed by atoms with Gasteiger partial charge in [-0.2, -0.15) is 5.10 Å². The van der Waals surface area contributed by atoms with Crippen molar-refractivity contribution in [3.8, 4) is 0 Å². The van der Waals surface area contributed by atoms with Crippen molar-refractivity contribution in [2.24, 2.45) is 0 Å². The second kappa shape index (κ2) is 6.34. The summed E-state index contributed by atoms with van der Waals surface area (Å²) in [4.78, 5) is 2.51. The van der Waals surface area contributed by atoms with E-state index in [2.05, 4.69) is 47.9 Å². The first-order valence-electron chi connectivity index (χ1n) is 7.23. The zero-order valence-corrected chi connectivity index (χ0v) is 11.9. The SMILES string of the molecule is CCC(CC)n1ccc(CN2CCNCC2C)n1. The van der Waals surface area contributed by atoms with Crippen molar-refractivity contribution in [2.45, 2.75) is 52.2 Å². The van der Waals surface area contributed by atoms with Crippen LogP contribution in [0.15, 0.2) is 12.3 Å². The molecule has 0 spiro atoms. The summed E-state index contributed by atoms with van der Waals surface area (Å²) in [6.45, 7) is 11.0. The van der Waals surface area contributed by atoms with Crippen LogP contribution in [0.1, 0.15) is 45.3 Å². The molecule has 2 rings (SSSR count). The summed E-state index contributed by atoms with van der Waals surface area (Å²) in [6.07, 6.45) is 4.45. The van der Waals surface area contributed by atoms with Gasteiger partial charge in [0.25, 0.3) is 0 Å². The van der Waals surface area contributed by atoms with Crippen molar-refractivity contribution in [1.82, 2.24) is 20.0 Å².